The van der Waals surface area contributed by atoms with Crippen LogP contribution in [0, 0.1) is 6.92 Å². The number of nitrogens with two attached hydrogens (primary N) is 1. The zero-order valence-electron chi connectivity index (χ0n) is 6.16. The van der Waals surface area contributed by atoms with Crippen molar-refractivity contribution < 1.29 is 5.11 Å². The van der Waals surface area contributed by atoms with Crippen LogP contribution in [0.1, 0.15) is 5.56 Å². The minimum Gasteiger partial charge on any atom is -0.506 e. The first kappa shape index (κ1) is 9.78. The third-order valence-corrected chi connectivity index (χ3v) is 2.90. The van der Waals surface area contributed by atoms with Crippen molar-refractivity contribution in [1.82, 2.24) is 0 Å². The summed E-state index contributed by atoms with van der Waals surface area (Å²) in [4.78, 5) is 0. The molecule has 0 aliphatic rings. The Balaban J connectivity index is 3.60. The van der Waals surface area contributed by atoms with Gasteiger partial charge in [-0.2, -0.15) is 0 Å². The third-order valence-electron chi connectivity index (χ3n) is 1.56. The largest absolute Gasteiger partial charge is 0.506 e. The normalized spacial score (nSPS) is 10.3. The number of anilines is 1. The lowest BCUT2D eigenvalue weighted by Gasteiger charge is -2.09. The van der Waals surface area contributed by atoms with Crippen LogP contribution >= 0.6 is 34.8 Å². The molecule has 0 atom stereocenters. The Hall–Kier alpha value is -0.310. The number of nitrogen functional groups attached to an aromatic ring is 1. The fraction of sp³-hybridized carbons (Fsp3) is 0.143. The number of aromatic hydroxyl groups is 1. The van der Waals surface area contributed by atoms with Crippen LogP contribution in [0.25, 0.3) is 0 Å². The van der Waals surface area contributed by atoms with Gasteiger partial charge in [0.05, 0.1) is 15.7 Å². The number of phenols is 1. The molecule has 0 spiro atoms. The highest BCUT2D eigenvalue weighted by atomic mass is 35.5. The van der Waals surface area contributed by atoms with Crippen molar-refractivity contribution in [1.29, 1.82) is 0 Å². The summed E-state index contributed by atoms with van der Waals surface area (Å²) in [6.45, 7) is 1.61. The van der Waals surface area contributed by atoms with Gasteiger partial charge in [0, 0.05) is 5.56 Å². The molecule has 1 aromatic rings. The van der Waals surface area contributed by atoms with Crippen LogP contribution in [0.3, 0.4) is 0 Å². The summed E-state index contributed by atoms with van der Waals surface area (Å²) in [7, 11) is 0. The maximum Gasteiger partial charge on any atom is 0.140 e. The molecule has 0 aliphatic heterocycles. The second-order valence-corrected chi connectivity index (χ2v) is 3.46. The number of phenolic OH excluding ortho intramolecular Hbond substituents is 1. The number of hydrogen-bond donors (Lipinski definition) is 2. The molecule has 0 heterocycles. The first-order valence-electron chi connectivity index (χ1n) is 3.08. The van der Waals surface area contributed by atoms with Gasteiger partial charge in [0.25, 0.3) is 0 Å². The second kappa shape index (κ2) is 3.21. The van der Waals surface area contributed by atoms with Crippen molar-refractivity contribution in [2.45, 2.75) is 6.92 Å². The van der Waals surface area contributed by atoms with Crippen LogP contribution in [-0.2, 0) is 0 Å². The number of hydrogen-bond acceptors (Lipinski definition) is 2. The molecule has 0 fully saturated rings. The summed E-state index contributed by atoms with van der Waals surface area (Å²) in [5.74, 6) is -0.124. The van der Waals surface area contributed by atoms with Gasteiger partial charge in [0.15, 0.2) is 0 Å². The second-order valence-electron chi connectivity index (χ2n) is 2.33. The van der Waals surface area contributed by atoms with E-state index in [1.807, 2.05) is 0 Å². The van der Waals surface area contributed by atoms with E-state index in [9.17, 15) is 5.11 Å². The lowest BCUT2D eigenvalue weighted by Crippen LogP contribution is -1.92. The smallest absolute Gasteiger partial charge is 0.140 e. The lowest BCUT2D eigenvalue weighted by molar-refractivity contribution is 0.471. The molecule has 0 saturated heterocycles. The Bertz CT molecular complexity index is 233. The number of rotatable bonds is 0. The first-order chi connectivity index (χ1) is 5.46. The molecule has 0 aliphatic carbocycles. The standard InChI is InChI=1S/C7H6Cl3NO/c1-2-3(8)6(11)4(9)5(10)7(2)12/h12H,11H2,1H3. The maximum atomic E-state index is 9.34. The molecule has 2 nitrogen and oxygen atoms in total. The molecular formula is C7H6Cl3NO. The first-order valence-corrected chi connectivity index (χ1v) is 4.21. The predicted molar refractivity (Wildman–Crippen MR) is 52.3 cm³/mol. The molecule has 0 radical (unpaired) electrons. The van der Waals surface area contributed by atoms with Gasteiger partial charge >= 0.3 is 0 Å². The van der Waals surface area contributed by atoms with Gasteiger partial charge < -0.3 is 10.8 Å². The van der Waals surface area contributed by atoms with E-state index < -0.39 is 0 Å². The van der Waals surface area contributed by atoms with Gasteiger partial charge in [-0.1, -0.05) is 34.8 Å². The van der Waals surface area contributed by atoms with Gasteiger partial charge in [-0.3, -0.25) is 0 Å². The summed E-state index contributed by atoms with van der Waals surface area (Å²) in [6, 6.07) is 0. The van der Waals surface area contributed by atoms with Crippen molar-refractivity contribution in [3.63, 3.8) is 0 Å². The zero-order chi connectivity index (χ0) is 9.46. The molecule has 0 unspecified atom stereocenters. The van der Waals surface area contributed by atoms with Crippen LogP contribution in [0.4, 0.5) is 5.69 Å². The Morgan fingerprint density at radius 2 is 1.58 bits per heavy atom. The fourth-order valence-electron chi connectivity index (χ4n) is 0.789. The molecule has 1 aromatic carbocycles. The zero-order valence-corrected chi connectivity index (χ0v) is 8.43. The summed E-state index contributed by atoms with van der Waals surface area (Å²) in [6.07, 6.45) is 0. The van der Waals surface area contributed by atoms with Crippen molar-refractivity contribution >= 4 is 40.5 Å². The topological polar surface area (TPSA) is 46.2 Å². The Labute approximate surface area is 84.8 Å². The van der Waals surface area contributed by atoms with E-state index in [0.717, 1.165) is 0 Å². The lowest BCUT2D eigenvalue weighted by atomic mass is 10.2. The van der Waals surface area contributed by atoms with E-state index in [2.05, 4.69) is 0 Å². The predicted octanol–water partition coefficient (Wildman–Crippen LogP) is 3.24. The summed E-state index contributed by atoms with van der Waals surface area (Å²) in [5.41, 5.74) is 6.12. The summed E-state index contributed by atoms with van der Waals surface area (Å²) < 4.78 is 0. The molecule has 3 N–H and O–H groups in total. The molecule has 0 saturated carbocycles. The van der Waals surface area contributed by atoms with Gasteiger partial charge in [-0.25, -0.2) is 0 Å². The fourth-order valence-corrected chi connectivity index (χ4v) is 1.45. The Morgan fingerprint density at radius 3 is 2.08 bits per heavy atom. The molecule has 0 aromatic heterocycles. The van der Waals surface area contributed by atoms with E-state index in [1.165, 1.54) is 0 Å². The highest BCUT2D eigenvalue weighted by molar-refractivity contribution is 6.47. The van der Waals surface area contributed by atoms with Crippen molar-refractivity contribution in [3.8, 4) is 5.75 Å². The van der Waals surface area contributed by atoms with Crippen LogP contribution in [-0.4, -0.2) is 5.11 Å². The highest BCUT2D eigenvalue weighted by Crippen LogP contribution is 2.43. The molecular weight excluding hydrogens is 220 g/mol. The third kappa shape index (κ3) is 1.30. The highest BCUT2D eigenvalue weighted by Gasteiger charge is 2.15. The van der Waals surface area contributed by atoms with E-state index >= 15 is 0 Å². The van der Waals surface area contributed by atoms with Crippen molar-refractivity contribution in [3.05, 3.63) is 20.6 Å². The maximum absolute atomic E-state index is 9.34. The summed E-state index contributed by atoms with van der Waals surface area (Å²) in [5, 5.41) is 9.70. The van der Waals surface area contributed by atoms with E-state index in [1.54, 1.807) is 6.92 Å². The SMILES string of the molecule is Cc1c(O)c(Cl)c(Cl)c(N)c1Cl. The van der Waals surface area contributed by atoms with Crippen LogP contribution in [0.15, 0.2) is 0 Å². The molecule has 12 heavy (non-hydrogen) atoms. The van der Waals surface area contributed by atoms with E-state index in [4.69, 9.17) is 40.5 Å². The van der Waals surface area contributed by atoms with Gasteiger partial charge in [0.1, 0.15) is 10.8 Å². The minimum atomic E-state index is -0.124. The Kier molecular flexibility index (Phi) is 2.61. The quantitative estimate of drug-likeness (QED) is 0.405. The average molecular weight is 226 g/mol. The molecule has 1 rings (SSSR count). The van der Waals surface area contributed by atoms with Crippen LogP contribution in [0.2, 0.25) is 15.1 Å². The van der Waals surface area contributed by atoms with Gasteiger partial charge in [-0.15, -0.1) is 0 Å². The van der Waals surface area contributed by atoms with Crippen LogP contribution in [0.5, 0.6) is 5.75 Å². The van der Waals surface area contributed by atoms with Crippen LogP contribution < -0.4 is 5.73 Å². The van der Waals surface area contributed by atoms with Crippen molar-refractivity contribution in [2.75, 3.05) is 5.73 Å². The Morgan fingerprint density at radius 1 is 1.08 bits per heavy atom. The van der Waals surface area contributed by atoms with Gasteiger partial charge in [0.2, 0.25) is 0 Å². The molecule has 0 bridgehead atoms. The summed E-state index contributed by atoms with van der Waals surface area (Å²) >= 11 is 17.0. The molecule has 0 amide bonds. The minimum absolute atomic E-state index is 0.0380. The van der Waals surface area contributed by atoms with Crippen molar-refractivity contribution in [2.24, 2.45) is 0 Å². The number of benzene rings is 1. The monoisotopic (exact) mass is 225 g/mol. The molecule has 5 heteroatoms. The van der Waals surface area contributed by atoms with E-state index in [-0.39, 0.29) is 26.5 Å². The average Bonchev–Trinajstić information content (AvgIpc) is 2.08. The number of halogens is 3. The van der Waals surface area contributed by atoms with E-state index in [0.29, 0.717) is 5.56 Å². The van der Waals surface area contributed by atoms with Gasteiger partial charge in [-0.05, 0) is 6.92 Å². The molecule has 66 valence electrons.